The fourth-order valence-electron chi connectivity index (χ4n) is 1.73. The predicted octanol–water partition coefficient (Wildman–Crippen LogP) is 1.36. The molecule has 1 aromatic carbocycles. The van der Waals surface area contributed by atoms with Gasteiger partial charge >= 0.3 is 0 Å². The minimum absolute atomic E-state index is 0.0610. The summed E-state index contributed by atoms with van der Waals surface area (Å²) in [4.78, 5) is 11.6. The number of hydrogen-bond donors (Lipinski definition) is 2. The summed E-state index contributed by atoms with van der Waals surface area (Å²) in [5, 5.41) is 5.66. The second kappa shape index (κ2) is 4.79. The maximum Gasteiger partial charge on any atom is 0.226 e. The van der Waals surface area contributed by atoms with E-state index in [-0.39, 0.29) is 17.4 Å². The summed E-state index contributed by atoms with van der Waals surface area (Å²) in [6, 6.07) is 2.71. The summed E-state index contributed by atoms with van der Waals surface area (Å²) in [5.74, 6) is -1.20. The first-order valence-electron chi connectivity index (χ1n) is 5.54. The quantitative estimate of drug-likeness (QED) is 0.837. The maximum absolute atomic E-state index is 13.4. The number of halogens is 2. The molecule has 0 saturated carbocycles. The Bertz CT molecular complexity index is 433. The van der Waals surface area contributed by atoms with Crippen LogP contribution in [-0.4, -0.2) is 19.0 Å². The topological polar surface area (TPSA) is 41.1 Å². The van der Waals surface area contributed by atoms with E-state index in [1.54, 1.807) is 6.92 Å². The monoisotopic (exact) mass is 240 g/mol. The van der Waals surface area contributed by atoms with E-state index in [9.17, 15) is 13.6 Å². The van der Waals surface area contributed by atoms with Crippen LogP contribution in [0.3, 0.4) is 0 Å². The molecule has 92 valence electrons. The average molecular weight is 240 g/mol. The van der Waals surface area contributed by atoms with E-state index in [2.05, 4.69) is 10.6 Å². The Morgan fingerprint density at radius 2 is 2.18 bits per heavy atom. The molecule has 17 heavy (non-hydrogen) atoms. The molecule has 3 nitrogen and oxygen atoms in total. The first-order valence-corrected chi connectivity index (χ1v) is 5.54. The van der Waals surface area contributed by atoms with Crippen molar-refractivity contribution in [3.63, 3.8) is 0 Å². The summed E-state index contributed by atoms with van der Waals surface area (Å²) in [5.41, 5.74) is 0.172. The molecule has 0 aliphatic carbocycles. The Morgan fingerprint density at radius 3 is 2.76 bits per heavy atom. The first-order chi connectivity index (χ1) is 8.08. The Balaban J connectivity index is 2.05. The molecule has 1 heterocycles. The molecular weight excluding hydrogens is 226 g/mol. The lowest BCUT2D eigenvalue weighted by atomic mass is 10.0. The normalized spacial score (nSPS) is 17.4. The van der Waals surface area contributed by atoms with E-state index >= 15 is 0 Å². The molecule has 1 aromatic rings. The molecule has 5 heteroatoms. The molecule has 2 N–H and O–H groups in total. The summed E-state index contributed by atoms with van der Waals surface area (Å²) in [7, 11) is 0. The van der Waals surface area contributed by atoms with E-state index in [0.29, 0.717) is 13.1 Å². The van der Waals surface area contributed by atoms with Gasteiger partial charge in [-0.25, -0.2) is 8.78 Å². The lowest BCUT2D eigenvalue weighted by Crippen LogP contribution is -2.51. The van der Waals surface area contributed by atoms with Crippen molar-refractivity contribution in [3.8, 4) is 0 Å². The van der Waals surface area contributed by atoms with Gasteiger partial charge in [-0.3, -0.25) is 4.79 Å². The third-order valence-corrected chi connectivity index (χ3v) is 2.94. The molecule has 1 unspecified atom stereocenters. The average Bonchev–Trinajstić information content (AvgIpc) is 2.18. The molecule has 1 aliphatic rings. The van der Waals surface area contributed by atoms with Gasteiger partial charge in [0.2, 0.25) is 5.91 Å². The van der Waals surface area contributed by atoms with Crippen molar-refractivity contribution < 1.29 is 13.6 Å². The van der Waals surface area contributed by atoms with Gasteiger partial charge in [0.15, 0.2) is 0 Å². The standard InChI is InChI=1S/C12H14F2N2O/c1-7(16-12(17)8-5-15-6-8)10-4-9(13)2-3-11(10)14/h2-4,7-8,15H,5-6H2,1H3,(H,16,17). The van der Waals surface area contributed by atoms with E-state index in [0.717, 1.165) is 18.2 Å². The third kappa shape index (κ3) is 2.61. The molecule has 1 amide bonds. The molecule has 1 fully saturated rings. The minimum Gasteiger partial charge on any atom is -0.349 e. The Kier molecular flexibility index (Phi) is 3.38. The summed E-state index contributed by atoms with van der Waals surface area (Å²) in [6.07, 6.45) is 0. The maximum atomic E-state index is 13.4. The van der Waals surface area contributed by atoms with Crippen LogP contribution in [0, 0.1) is 17.6 Å². The summed E-state index contributed by atoms with van der Waals surface area (Å²) >= 11 is 0. The van der Waals surface area contributed by atoms with Gasteiger partial charge in [-0.05, 0) is 25.1 Å². The Labute approximate surface area is 98.2 Å². The van der Waals surface area contributed by atoms with Gasteiger partial charge in [0.1, 0.15) is 11.6 Å². The molecule has 0 spiro atoms. The van der Waals surface area contributed by atoms with Crippen LogP contribution in [0.1, 0.15) is 18.5 Å². The van der Waals surface area contributed by atoms with Crippen LogP contribution in [0.4, 0.5) is 8.78 Å². The number of rotatable bonds is 3. The van der Waals surface area contributed by atoms with Crippen LogP contribution in [0.5, 0.6) is 0 Å². The molecule has 0 radical (unpaired) electrons. The van der Waals surface area contributed by atoms with Gasteiger partial charge < -0.3 is 10.6 Å². The molecule has 2 rings (SSSR count). The number of carbonyl (C=O) groups is 1. The largest absolute Gasteiger partial charge is 0.349 e. The summed E-state index contributed by atoms with van der Waals surface area (Å²) in [6.45, 7) is 2.93. The van der Waals surface area contributed by atoms with Gasteiger partial charge in [-0.15, -0.1) is 0 Å². The lowest BCUT2D eigenvalue weighted by molar-refractivity contribution is -0.127. The van der Waals surface area contributed by atoms with Gasteiger partial charge in [0.25, 0.3) is 0 Å². The van der Waals surface area contributed by atoms with Crippen LogP contribution in [-0.2, 0) is 4.79 Å². The molecule has 1 saturated heterocycles. The number of carbonyl (C=O) groups excluding carboxylic acids is 1. The van der Waals surface area contributed by atoms with Crippen LogP contribution >= 0.6 is 0 Å². The highest BCUT2D eigenvalue weighted by Crippen LogP contribution is 2.18. The highest BCUT2D eigenvalue weighted by atomic mass is 19.1. The number of nitrogens with one attached hydrogen (secondary N) is 2. The van der Waals surface area contributed by atoms with Crippen LogP contribution in [0.15, 0.2) is 18.2 Å². The fraction of sp³-hybridized carbons (Fsp3) is 0.417. The van der Waals surface area contributed by atoms with Crippen molar-refractivity contribution in [1.82, 2.24) is 10.6 Å². The van der Waals surface area contributed by atoms with E-state index in [1.165, 1.54) is 0 Å². The smallest absolute Gasteiger partial charge is 0.226 e. The van der Waals surface area contributed by atoms with Crippen molar-refractivity contribution in [1.29, 1.82) is 0 Å². The van der Waals surface area contributed by atoms with Crippen molar-refractivity contribution in [3.05, 3.63) is 35.4 Å². The zero-order valence-electron chi connectivity index (χ0n) is 9.47. The first kappa shape index (κ1) is 12.0. The van der Waals surface area contributed by atoms with Crippen LogP contribution in [0.25, 0.3) is 0 Å². The number of amides is 1. The van der Waals surface area contributed by atoms with Crippen molar-refractivity contribution >= 4 is 5.91 Å². The third-order valence-electron chi connectivity index (χ3n) is 2.94. The fourth-order valence-corrected chi connectivity index (χ4v) is 1.73. The number of hydrogen-bond acceptors (Lipinski definition) is 2. The molecule has 1 atom stereocenters. The molecule has 0 bridgehead atoms. The van der Waals surface area contributed by atoms with Crippen molar-refractivity contribution in [2.24, 2.45) is 5.92 Å². The Hall–Kier alpha value is -1.49. The SMILES string of the molecule is CC(NC(=O)C1CNC1)c1cc(F)ccc1F. The van der Waals surface area contributed by atoms with Crippen molar-refractivity contribution in [2.45, 2.75) is 13.0 Å². The zero-order chi connectivity index (χ0) is 12.4. The minimum atomic E-state index is -0.529. The zero-order valence-corrected chi connectivity index (χ0v) is 9.47. The second-order valence-electron chi connectivity index (χ2n) is 4.25. The molecular formula is C12H14F2N2O. The van der Waals surface area contributed by atoms with Gasteiger partial charge in [-0.1, -0.05) is 0 Å². The summed E-state index contributed by atoms with van der Waals surface area (Å²) < 4.78 is 26.4. The van der Waals surface area contributed by atoms with E-state index in [1.807, 2.05) is 0 Å². The van der Waals surface area contributed by atoms with Crippen molar-refractivity contribution in [2.75, 3.05) is 13.1 Å². The highest BCUT2D eigenvalue weighted by Gasteiger charge is 2.26. The molecule has 0 aromatic heterocycles. The highest BCUT2D eigenvalue weighted by molar-refractivity contribution is 5.80. The lowest BCUT2D eigenvalue weighted by Gasteiger charge is -2.27. The van der Waals surface area contributed by atoms with E-state index < -0.39 is 17.7 Å². The van der Waals surface area contributed by atoms with E-state index in [4.69, 9.17) is 0 Å². The van der Waals surface area contributed by atoms with Gasteiger partial charge in [0, 0.05) is 18.7 Å². The van der Waals surface area contributed by atoms with Gasteiger partial charge in [0.05, 0.1) is 12.0 Å². The van der Waals surface area contributed by atoms with Crippen LogP contribution < -0.4 is 10.6 Å². The number of benzene rings is 1. The van der Waals surface area contributed by atoms with Crippen LogP contribution in [0.2, 0.25) is 0 Å². The molecule has 1 aliphatic heterocycles. The van der Waals surface area contributed by atoms with Gasteiger partial charge in [-0.2, -0.15) is 0 Å². The predicted molar refractivity (Wildman–Crippen MR) is 59.3 cm³/mol. The Morgan fingerprint density at radius 1 is 1.47 bits per heavy atom. The second-order valence-corrected chi connectivity index (χ2v) is 4.25.